The lowest BCUT2D eigenvalue weighted by Crippen LogP contribution is -2.56. The SMILES string of the molecule is C=C(Nc1ccc(Cl)cc1Cl)C(=O)N[C@H]1CC[C@H](C(=O)N(C)C)C[C@H]1NC(=O)c1nc2c(s1)CN(C)CC2. The average molecular weight is 580 g/mol. The van der Waals surface area contributed by atoms with E-state index in [0.29, 0.717) is 40.0 Å². The van der Waals surface area contributed by atoms with Gasteiger partial charge in [0.2, 0.25) is 5.91 Å². The van der Waals surface area contributed by atoms with E-state index in [4.69, 9.17) is 23.2 Å². The van der Waals surface area contributed by atoms with Crippen molar-refractivity contribution < 1.29 is 14.4 Å². The minimum absolute atomic E-state index is 0.00484. The number of carbonyl (C=O) groups excluding carboxylic acids is 3. The molecule has 204 valence electrons. The van der Waals surface area contributed by atoms with Crippen molar-refractivity contribution in [2.45, 2.75) is 44.3 Å². The molecule has 0 saturated heterocycles. The van der Waals surface area contributed by atoms with Crippen molar-refractivity contribution in [2.75, 3.05) is 33.0 Å². The first-order chi connectivity index (χ1) is 18.0. The molecule has 3 atom stereocenters. The average Bonchev–Trinajstić information content (AvgIpc) is 3.29. The topological polar surface area (TPSA) is 107 Å². The molecule has 0 spiro atoms. The lowest BCUT2D eigenvalue weighted by atomic mass is 9.81. The van der Waals surface area contributed by atoms with E-state index in [9.17, 15) is 14.4 Å². The van der Waals surface area contributed by atoms with E-state index in [1.54, 1.807) is 37.2 Å². The van der Waals surface area contributed by atoms with Crippen LogP contribution in [0.1, 0.15) is 39.6 Å². The maximum absolute atomic E-state index is 13.3. The van der Waals surface area contributed by atoms with Crippen LogP contribution in [0.15, 0.2) is 30.5 Å². The number of hydrogen-bond acceptors (Lipinski definition) is 7. The Kier molecular flexibility index (Phi) is 8.97. The summed E-state index contributed by atoms with van der Waals surface area (Å²) in [6.45, 7) is 5.52. The van der Waals surface area contributed by atoms with E-state index in [2.05, 4.69) is 32.4 Å². The number of aromatic nitrogens is 1. The first-order valence-corrected chi connectivity index (χ1v) is 14.0. The number of carbonyl (C=O) groups is 3. The van der Waals surface area contributed by atoms with Gasteiger partial charge in [0, 0.05) is 55.5 Å². The van der Waals surface area contributed by atoms with Crippen LogP contribution in [0, 0.1) is 5.92 Å². The number of hydrogen-bond donors (Lipinski definition) is 3. The largest absolute Gasteiger partial charge is 0.350 e. The van der Waals surface area contributed by atoms with Gasteiger partial charge in [-0.1, -0.05) is 29.8 Å². The Labute approximate surface area is 236 Å². The zero-order valence-corrected chi connectivity index (χ0v) is 24.0. The number of likely N-dealkylation sites (N-methyl/N-ethyl adjacent to an activating group) is 1. The lowest BCUT2D eigenvalue weighted by Gasteiger charge is -2.37. The fourth-order valence-corrected chi connectivity index (χ4v) is 6.36. The molecular weight excluding hydrogens is 547 g/mol. The molecule has 0 radical (unpaired) electrons. The Bertz CT molecular complexity index is 1250. The maximum atomic E-state index is 13.3. The van der Waals surface area contributed by atoms with Crippen LogP contribution in [0.4, 0.5) is 5.69 Å². The molecule has 1 aromatic heterocycles. The van der Waals surface area contributed by atoms with Crippen molar-refractivity contribution >= 4 is 57.9 Å². The zero-order chi connectivity index (χ0) is 27.6. The highest BCUT2D eigenvalue weighted by Gasteiger charge is 2.37. The van der Waals surface area contributed by atoms with Gasteiger partial charge in [-0.25, -0.2) is 4.98 Å². The molecule has 2 aliphatic rings. The third-order valence-electron chi connectivity index (χ3n) is 6.88. The van der Waals surface area contributed by atoms with Crippen LogP contribution in [-0.4, -0.2) is 72.3 Å². The van der Waals surface area contributed by atoms with E-state index >= 15 is 0 Å². The first kappa shape index (κ1) is 28.4. The standard InChI is InChI=1S/C26H32Cl2N6O3S/c1-14(29-18-8-6-16(27)12-17(18)28)23(35)30-19-7-5-15(26(37)33(2)3)11-21(19)31-24(36)25-32-20-9-10-34(4)13-22(20)38-25/h6,8,12,15,19,21,29H,1,5,7,9-11,13H2,2-4H3,(H,30,35)(H,31,36)/t15-,19-,21+/m0/s1. The molecule has 12 heteroatoms. The van der Waals surface area contributed by atoms with Gasteiger partial charge in [0.25, 0.3) is 11.8 Å². The summed E-state index contributed by atoms with van der Waals surface area (Å²) in [7, 11) is 5.49. The van der Waals surface area contributed by atoms with E-state index in [1.165, 1.54) is 11.3 Å². The molecule has 0 bridgehead atoms. The van der Waals surface area contributed by atoms with Crippen LogP contribution in [-0.2, 0) is 22.6 Å². The summed E-state index contributed by atoms with van der Waals surface area (Å²) in [5, 5.41) is 10.2. The Hall–Kier alpha value is -2.66. The van der Waals surface area contributed by atoms with Crippen molar-refractivity contribution in [3.05, 3.63) is 56.1 Å². The van der Waals surface area contributed by atoms with Crippen molar-refractivity contribution in [1.29, 1.82) is 0 Å². The molecule has 9 nitrogen and oxygen atoms in total. The number of rotatable bonds is 7. The van der Waals surface area contributed by atoms with Crippen LogP contribution in [0.2, 0.25) is 10.0 Å². The summed E-state index contributed by atoms with van der Waals surface area (Å²) in [6, 6.07) is 4.04. The van der Waals surface area contributed by atoms with Gasteiger partial charge in [0.15, 0.2) is 5.01 Å². The van der Waals surface area contributed by atoms with Gasteiger partial charge < -0.3 is 25.8 Å². The van der Waals surface area contributed by atoms with Crippen LogP contribution >= 0.6 is 34.5 Å². The van der Waals surface area contributed by atoms with Crippen molar-refractivity contribution in [1.82, 2.24) is 25.4 Å². The van der Waals surface area contributed by atoms with Gasteiger partial charge in [-0.3, -0.25) is 14.4 Å². The molecule has 1 aliphatic carbocycles. The van der Waals surface area contributed by atoms with Gasteiger partial charge in [-0.15, -0.1) is 11.3 Å². The van der Waals surface area contributed by atoms with Gasteiger partial charge in [0.1, 0.15) is 0 Å². The Morgan fingerprint density at radius 3 is 2.63 bits per heavy atom. The second kappa shape index (κ2) is 12.0. The summed E-state index contributed by atoms with van der Waals surface area (Å²) in [6.07, 6.45) is 2.33. The molecule has 2 heterocycles. The number of fused-ring (bicyclic) bond motifs is 1. The molecule has 1 saturated carbocycles. The molecule has 1 aliphatic heterocycles. The van der Waals surface area contributed by atoms with Gasteiger partial charge in [-0.05, 0) is 44.5 Å². The van der Waals surface area contributed by atoms with Crippen LogP contribution < -0.4 is 16.0 Å². The van der Waals surface area contributed by atoms with Gasteiger partial charge in [-0.2, -0.15) is 0 Å². The van der Waals surface area contributed by atoms with E-state index in [1.807, 2.05) is 7.05 Å². The summed E-state index contributed by atoms with van der Waals surface area (Å²) >= 11 is 13.6. The van der Waals surface area contributed by atoms with E-state index < -0.39 is 18.0 Å². The second-order valence-electron chi connectivity index (χ2n) is 10.0. The number of nitrogens with one attached hydrogen (secondary N) is 3. The Morgan fingerprint density at radius 1 is 1.16 bits per heavy atom. The highest BCUT2D eigenvalue weighted by atomic mass is 35.5. The minimum Gasteiger partial charge on any atom is -0.350 e. The monoisotopic (exact) mass is 578 g/mol. The van der Waals surface area contributed by atoms with Gasteiger partial charge >= 0.3 is 0 Å². The zero-order valence-electron chi connectivity index (χ0n) is 21.6. The highest BCUT2D eigenvalue weighted by Crippen LogP contribution is 2.29. The normalized spacial score (nSPS) is 21.2. The summed E-state index contributed by atoms with van der Waals surface area (Å²) in [5.41, 5.74) is 1.57. The van der Waals surface area contributed by atoms with Crippen LogP contribution in [0.3, 0.4) is 0 Å². The second-order valence-corrected chi connectivity index (χ2v) is 11.9. The molecule has 1 aromatic carbocycles. The highest BCUT2D eigenvalue weighted by molar-refractivity contribution is 7.13. The van der Waals surface area contributed by atoms with E-state index in [0.717, 1.165) is 30.1 Å². The maximum Gasteiger partial charge on any atom is 0.280 e. The number of halogens is 2. The summed E-state index contributed by atoms with van der Waals surface area (Å²) in [4.78, 5) is 48.5. The number of thiazole rings is 1. The minimum atomic E-state index is -0.454. The number of benzene rings is 1. The fraction of sp³-hybridized carbons (Fsp3) is 0.462. The van der Waals surface area contributed by atoms with Crippen molar-refractivity contribution in [3.63, 3.8) is 0 Å². The Morgan fingerprint density at radius 2 is 1.92 bits per heavy atom. The van der Waals surface area contributed by atoms with Gasteiger partial charge in [0.05, 0.1) is 28.1 Å². The fourth-order valence-electron chi connectivity index (χ4n) is 4.81. The molecule has 4 rings (SSSR count). The van der Waals surface area contributed by atoms with Crippen molar-refractivity contribution in [2.24, 2.45) is 5.92 Å². The smallest absolute Gasteiger partial charge is 0.280 e. The van der Waals surface area contributed by atoms with Crippen LogP contribution in [0.5, 0.6) is 0 Å². The quantitative estimate of drug-likeness (QED) is 0.434. The molecule has 1 fully saturated rings. The van der Waals surface area contributed by atoms with Crippen molar-refractivity contribution in [3.8, 4) is 0 Å². The third-order valence-corrected chi connectivity index (χ3v) is 8.51. The number of amides is 3. The van der Waals surface area contributed by atoms with E-state index in [-0.39, 0.29) is 23.4 Å². The predicted octanol–water partition coefficient (Wildman–Crippen LogP) is 3.54. The molecular formula is C26H32Cl2N6O3S. The number of anilines is 1. The predicted molar refractivity (Wildman–Crippen MR) is 151 cm³/mol. The molecule has 0 unspecified atom stereocenters. The van der Waals surface area contributed by atoms with Crippen LogP contribution in [0.25, 0.3) is 0 Å². The molecule has 3 amide bonds. The third kappa shape index (κ3) is 6.66. The molecule has 38 heavy (non-hydrogen) atoms. The summed E-state index contributed by atoms with van der Waals surface area (Å²) < 4.78 is 0. The molecule has 3 N–H and O–H groups in total. The molecule has 2 aromatic rings. The lowest BCUT2D eigenvalue weighted by molar-refractivity contribution is -0.134. The number of nitrogens with zero attached hydrogens (tertiary/aromatic N) is 3. The Balaban J connectivity index is 1.46. The summed E-state index contributed by atoms with van der Waals surface area (Å²) in [5.74, 6) is -0.967. The first-order valence-electron chi connectivity index (χ1n) is 12.4.